The molecule has 40 heavy (non-hydrogen) atoms. The number of anilines is 4. The summed E-state index contributed by atoms with van der Waals surface area (Å²) < 4.78 is 66.2. The number of alkyl halides is 3. The van der Waals surface area contributed by atoms with Crippen molar-refractivity contribution >= 4 is 46.3 Å². The van der Waals surface area contributed by atoms with Crippen molar-refractivity contribution < 1.29 is 36.6 Å². The van der Waals surface area contributed by atoms with Gasteiger partial charge in [0.1, 0.15) is 24.0 Å². The van der Waals surface area contributed by atoms with Crippen molar-refractivity contribution in [3.8, 4) is 5.75 Å². The smallest absolute Gasteiger partial charge is 0.472 e. The standard InChI is InChI=1S/C26H24ClF4N5O4/c27-16-1-6-23(33-15-16)36(25(38)26(29,30)31)21-5-2-17(28)13-20(21)34-24(37)19-4-3-18(14-22(19)40-10-7-32)35-8-11-39-12-9-35/h1-6,13-15H,7-12,32H2,(H,34,37). The van der Waals surface area contributed by atoms with Crippen molar-refractivity contribution in [3.05, 3.63) is 71.1 Å². The molecule has 1 saturated heterocycles. The van der Waals surface area contributed by atoms with Crippen molar-refractivity contribution in [2.75, 3.05) is 54.6 Å². The van der Waals surface area contributed by atoms with Gasteiger partial charge in [0.25, 0.3) is 5.91 Å². The fraction of sp³-hybridized carbons (Fsp3) is 0.269. The van der Waals surface area contributed by atoms with E-state index in [2.05, 4.69) is 10.3 Å². The molecule has 9 nitrogen and oxygen atoms in total. The summed E-state index contributed by atoms with van der Waals surface area (Å²) in [6, 6.07) is 9.69. The number of benzene rings is 2. The summed E-state index contributed by atoms with van der Waals surface area (Å²) in [7, 11) is 0. The highest BCUT2D eigenvalue weighted by atomic mass is 35.5. The van der Waals surface area contributed by atoms with Gasteiger partial charge in [-0.1, -0.05) is 11.6 Å². The normalized spacial score (nSPS) is 13.6. The van der Waals surface area contributed by atoms with E-state index in [-0.39, 0.29) is 34.4 Å². The first-order valence-electron chi connectivity index (χ1n) is 12.0. The number of aromatic nitrogens is 1. The van der Waals surface area contributed by atoms with Crippen LogP contribution in [-0.4, -0.2) is 62.4 Å². The molecule has 1 aliphatic rings. The maximum absolute atomic E-state index is 14.3. The fourth-order valence-electron chi connectivity index (χ4n) is 3.96. The quantitative estimate of drug-likeness (QED) is 0.376. The molecular formula is C26H24ClF4N5O4. The third kappa shape index (κ3) is 6.79. The average Bonchev–Trinajstić information content (AvgIpc) is 2.93. The number of rotatable bonds is 8. The van der Waals surface area contributed by atoms with Crippen LogP contribution in [0.3, 0.4) is 0 Å². The lowest BCUT2D eigenvalue weighted by Gasteiger charge is -2.29. The molecule has 0 radical (unpaired) electrons. The van der Waals surface area contributed by atoms with Crippen LogP contribution in [0.5, 0.6) is 5.75 Å². The van der Waals surface area contributed by atoms with E-state index in [4.69, 9.17) is 26.8 Å². The molecule has 14 heteroatoms. The minimum atomic E-state index is -5.32. The van der Waals surface area contributed by atoms with Gasteiger partial charge in [-0.05, 0) is 42.5 Å². The van der Waals surface area contributed by atoms with Crippen LogP contribution in [0.1, 0.15) is 10.4 Å². The predicted octanol–water partition coefficient (Wildman–Crippen LogP) is 4.53. The number of ether oxygens (including phenoxy) is 2. The highest BCUT2D eigenvalue weighted by Crippen LogP contribution is 2.37. The number of carbonyl (C=O) groups is 2. The molecule has 4 rings (SSSR count). The minimum Gasteiger partial charge on any atom is -0.491 e. The zero-order valence-electron chi connectivity index (χ0n) is 20.9. The molecule has 2 heterocycles. The van der Waals surface area contributed by atoms with Gasteiger partial charge in [-0.15, -0.1) is 0 Å². The number of nitrogens with zero attached hydrogens (tertiary/aromatic N) is 3. The Labute approximate surface area is 231 Å². The molecule has 1 aromatic heterocycles. The van der Waals surface area contributed by atoms with Gasteiger partial charge in [-0.3, -0.25) is 14.5 Å². The molecule has 0 atom stereocenters. The van der Waals surface area contributed by atoms with Crippen molar-refractivity contribution in [2.24, 2.45) is 5.73 Å². The van der Waals surface area contributed by atoms with Gasteiger partial charge in [0.15, 0.2) is 0 Å². The Bertz CT molecular complexity index is 1370. The van der Waals surface area contributed by atoms with Crippen LogP contribution in [-0.2, 0) is 9.53 Å². The van der Waals surface area contributed by atoms with Crippen LogP contribution >= 0.6 is 11.6 Å². The molecule has 2 amide bonds. The molecule has 3 aromatic rings. The van der Waals surface area contributed by atoms with E-state index in [0.717, 1.165) is 36.1 Å². The predicted molar refractivity (Wildman–Crippen MR) is 141 cm³/mol. The van der Waals surface area contributed by atoms with Crippen molar-refractivity contribution in [1.29, 1.82) is 0 Å². The minimum absolute atomic E-state index is 0.0130. The summed E-state index contributed by atoms with van der Waals surface area (Å²) in [5.74, 6) is -4.30. The summed E-state index contributed by atoms with van der Waals surface area (Å²) in [4.78, 5) is 31.9. The number of halogens is 5. The largest absolute Gasteiger partial charge is 0.491 e. The Morgan fingerprint density at radius 2 is 1.88 bits per heavy atom. The van der Waals surface area contributed by atoms with Crippen molar-refractivity contribution in [3.63, 3.8) is 0 Å². The van der Waals surface area contributed by atoms with Crippen molar-refractivity contribution in [1.82, 2.24) is 4.98 Å². The van der Waals surface area contributed by atoms with E-state index in [0.29, 0.717) is 26.3 Å². The van der Waals surface area contributed by atoms with Crippen LogP contribution in [0, 0.1) is 5.82 Å². The molecule has 3 N–H and O–H groups in total. The summed E-state index contributed by atoms with van der Waals surface area (Å²) >= 11 is 5.81. The second-order valence-corrected chi connectivity index (χ2v) is 8.94. The number of nitrogens with one attached hydrogen (secondary N) is 1. The lowest BCUT2D eigenvalue weighted by atomic mass is 10.1. The van der Waals surface area contributed by atoms with Crippen LogP contribution in [0.25, 0.3) is 0 Å². The van der Waals surface area contributed by atoms with Gasteiger partial charge in [0.05, 0.1) is 35.2 Å². The van der Waals surface area contributed by atoms with Gasteiger partial charge in [-0.2, -0.15) is 13.2 Å². The number of hydrogen-bond acceptors (Lipinski definition) is 7. The lowest BCUT2D eigenvalue weighted by molar-refractivity contribution is -0.169. The van der Waals surface area contributed by atoms with Gasteiger partial charge < -0.3 is 25.4 Å². The summed E-state index contributed by atoms with van der Waals surface area (Å²) in [5.41, 5.74) is 5.45. The van der Waals surface area contributed by atoms with Crippen LogP contribution in [0.2, 0.25) is 5.02 Å². The monoisotopic (exact) mass is 581 g/mol. The number of amides is 2. The van der Waals surface area contributed by atoms with Gasteiger partial charge in [0.2, 0.25) is 0 Å². The van der Waals surface area contributed by atoms with E-state index in [1.54, 1.807) is 12.1 Å². The zero-order valence-corrected chi connectivity index (χ0v) is 21.6. The van der Waals surface area contributed by atoms with Crippen LogP contribution in [0.15, 0.2) is 54.7 Å². The summed E-state index contributed by atoms with van der Waals surface area (Å²) in [6.07, 6.45) is -4.28. The van der Waals surface area contributed by atoms with E-state index in [1.807, 2.05) is 4.90 Å². The first-order valence-corrected chi connectivity index (χ1v) is 12.4. The SMILES string of the molecule is NCCOc1cc(N2CCOCC2)ccc1C(=O)Nc1cc(F)ccc1N(C(=O)C(F)(F)F)c1ccc(Cl)cn1. The second-order valence-electron chi connectivity index (χ2n) is 8.51. The maximum Gasteiger partial charge on any atom is 0.472 e. The van der Waals surface area contributed by atoms with E-state index < -0.39 is 41.0 Å². The van der Waals surface area contributed by atoms with E-state index in [9.17, 15) is 27.2 Å². The third-order valence-electron chi connectivity index (χ3n) is 5.80. The van der Waals surface area contributed by atoms with Crippen LogP contribution < -0.4 is 25.6 Å². The highest BCUT2D eigenvalue weighted by Gasteiger charge is 2.45. The third-order valence-corrected chi connectivity index (χ3v) is 6.02. The highest BCUT2D eigenvalue weighted by molar-refractivity contribution is 6.30. The molecule has 0 bridgehead atoms. The Hall–Kier alpha value is -3.94. The molecule has 1 aliphatic heterocycles. The first kappa shape index (κ1) is 29.1. The van der Waals surface area contributed by atoms with Gasteiger partial charge in [0, 0.05) is 37.6 Å². The zero-order chi connectivity index (χ0) is 28.9. The number of nitrogens with two attached hydrogens (primary N) is 1. The molecular weight excluding hydrogens is 558 g/mol. The maximum atomic E-state index is 14.3. The van der Waals surface area contributed by atoms with E-state index >= 15 is 0 Å². The Balaban J connectivity index is 1.73. The molecule has 1 fully saturated rings. The topological polar surface area (TPSA) is 110 Å². The number of morpholine rings is 1. The molecule has 212 valence electrons. The molecule has 0 saturated carbocycles. The van der Waals surface area contributed by atoms with E-state index in [1.165, 1.54) is 12.1 Å². The second kappa shape index (κ2) is 12.5. The molecule has 0 aliphatic carbocycles. The van der Waals surface area contributed by atoms with Crippen molar-refractivity contribution in [2.45, 2.75) is 6.18 Å². The number of pyridine rings is 1. The Kier molecular flexibility index (Phi) is 9.07. The first-order chi connectivity index (χ1) is 19.1. The summed E-state index contributed by atoms with van der Waals surface area (Å²) in [6.45, 7) is 2.53. The Morgan fingerprint density at radius 1 is 1.12 bits per heavy atom. The molecule has 0 spiro atoms. The van der Waals surface area contributed by atoms with Gasteiger partial charge >= 0.3 is 12.1 Å². The summed E-state index contributed by atoms with van der Waals surface area (Å²) in [5, 5.41) is 2.52. The number of carbonyl (C=O) groups excluding carboxylic acids is 2. The number of hydrogen-bond donors (Lipinski definition) is 2. The van der Waals surface area contributed by atoms with Crippen LogP contribution in [0.4, 0.5) is 40.4 Å². The average molecular weight is 582 g/mol. The Morgan fingerprint density at radius 3 is 2.52 bits per heavy atom. The van der Waals surface area contributed by atoms with Gasteiger partial charge in [-0.25, -0.2) is 9.37 Å². The molecule has 0 unspecified atom stereocenters. The fourth-order valence-corrected chi connectivity index (χ4v) is 4.07. The molecule has 2 aromatic carbocycles. The lowest BCUT2D eigenvalue weighted by Crippen LogP contribution is -2.39.